The Balaban J connectivity index is 2.14. The number of para-hydroxylation sites is 1. The highest BCUT2D eigenvalue weighted by atomic mass is 32.1. The number of carbonyl (C=O) groups is 1. The van der Waals surface area contributed by atoms with E-state index in [0.29, 0.717) is 19.6 Å². The van der Waals surface area contributed by atoms with Crippen molar-refractivity contribution in [3.05, 3.63) is 24.3 Å². The van der Waals surface area contributed by atoms with Gasteiger partial charge in [0, 0.05) is 13.1 Å². The van der Waals surface area contributed by atoms with Gasteiger partial charge in [0.25, 0.3) is 0 Å². The van der Waals surface area contributed by atoms with Crippen LogP contribution in [0.2, 0.25) is 0 Å². The first-order valence-corrected chi connectivity index (χ1v) is 8.76. The minimum Gasteiger partial charge on any atom is -0.389 e. The molecule has 1 aromatic carbocycles. The minimum atomic E-state index is -0.816. The van der Waals surface area contributed by atoms with E-state index in [0.717, 1.165) is 15.3 Å². The normalized spacial score (nSPS) is 12.1. The molecule has 126 valence electrons. The molecule has 1 amide bonds. The Morgan fingerprint density at radius 2 is 1.96 bits per heavy atom. The molecule has 0 saturated heterocycles. The van der Waals surface area contributed by atoms with Crippen molar-refractivity contribution in [3.8, 4) is 0 Å². The number of carbonyl (C=O) groups excluding carboxylic acids is 1. The standard InChI is InChI=1S/C17H25N3O2S/c1-5-19(12-17(3,4)22)11-15(21)20(6-2)16-18-13-9-7-8-10-14(13)23-16/h7-10,22H,5-6,11-12H2,1-4H3. The van der Waals surface area contributed by atoms with E-state index in [1.165, 1.54) is 11.3 Å². The fourth-order valence-electron chi connectivity index (χ4n) is 2.50. The zero-order valence-corrected chi connectivity index (χ0v) is 15.1. The minimum absolute atomic E-state index is 0.0117. The van der Waals surface area contributed by atoms with E-state index in [9.17, 15) is 9.90 Å². The molecule has 0 bridgehead atoms. The summed E-state index contributed by atoms with van der Waals surface area (Å²) >= 11 is 1.53. The number of rotatable bonds is 7. The average Bonchev–Trinajstić information content (AvgIpc) is 2.89. The predicted molar refractivity (Wildman–Crippen MR) is 96.1 cm³/mol. The van der Waals surface area contributed by atoms with Crippen molar-refractivity contribution in [2.45, 2.75) is 33.3 Å². The van der Waals surface area contributed by atoms with Crippen LogP contribution in [0.25, 0.3) is 10.2 Å². The first-order valence-electron chi connectivity index (χ1n) is 7.94. The van der Waals surface area contributed by atoms with Crippen molar-refractivity contribution >= 4 is 32.6 Å². The van der Waals surface area contributed by atoms with Gasteiger partial charge in [-0.25, -0.2) is 4.98 Å². The number of anilines is 1. The molecule has 2 aromatic rings. The van der Waals surface area contributed by atoms with E-state index in [2.05, 4.69) is 4.98 Å². The van der Waals surface area contributed by atoms with Crippen LogP contribution in [0.1, 0.15) is 27.7 Å². The Morgan fingerprint density at radius 3 is 2.52 bits per heavy atom. The lowest BCUT2D eigenvalue weighted by Gasteiger charge is -2.29. The highest BCUT2D eigenvalue weighted by Crippen LogP contribution is 2.28. The molecule has 0 atom stereocenters. The molecule has 6 heteroatoms. The quantitative estimate of drug-likeness (QED) is 0.845. The van der Waals surface area contributed by atoms with Crippen LogP contribution in [0.15, 0.2) is 24.3 Å². The van der Waals surface area contributed by atoms with Crippen LogP contribution < -0.4 is 4.90 Å². The molecule has 0 fully saturated rings. The molecule has 0 aliphatic heterocycles. The van der Waals surface area contributed by atoms with Crippen LogP contribution in [0, 0.1) is 0 Å². The van der Waals surface area contributed by atoms with E-state index in [1.807, 2.05) is 43.0 Å². The number of likely N-dealkylation sites (N-methyl/N-ethyl adjacent to an activating group) is 2. The Morgan fingerprint density at radius 1 is 1.26 bits per heavy atom. The third-order valence-corrected chi connectivity index (χ3v) is 4.61. The van der Waals surface area contributed by atoms with Crippen LogP contribution in [-0.2, 0) is 4.79 Å². The number of benzene rings is 1. The van der Waals surface area contributed by atoms with E-state index in [-0.39, 0.29) is 12.5 Å². The number of aliphatic hydroxyl groups is 1. The number of hydrogen-bond donors (Lipinski definition) is 1. The number of fused-ring (bicyclic) bond motifs is 1. The lowest BCUT2D eigenvalue weighted by molar-refractivity contribution is -0.120. The van der Waals surface area contributed by atoms with Crippen LogP contribution in [-0.4, -0.2) is 52.7 Å². The number of hydrogen-bond acceptors (Lipinski definition) is 5. The third-order valence-electron chi connectivity index (χ3n) is 3.55. The van der Waals surface area contributed by atoms with Crippen molar-refractivity contribution in [2.75, 3.05) is 31.1 Å². The largest absolute Gasteiger partial charge is 0.389 e. The van der Waals surface area contributed by atoms with Gasteiger partial charge in [-0.3, -0.25) is 14.6 Å². The highest BCUT2D eigenvalue weighted by Gasteiger charge is 2.23. The third kappa shape index (κ3) is 4.73. The zero-order chi connectivity index (χ0) is 17.0. The average molecular weight is 335 g/mol. The lowest BCUT2D eigenvalue weighted by atomic mass is 10.1. The maximum Gasteiger partial charge on any atom is 0.242 e. The maximum absolute atomic E-state index is 12.7. The van der Waals surface area contributed by atoms with E-state index >= 15 is 0 Å². The number of amides is 1. The Hall–Kier alpha value is -1.50. The maximum atomic E-state index is 12.7. The fourth-order valence-corrected chi connectivity index (χ4v) is 3.54. The molecule has 1 heterocycles. The summed E-state index contributed by atoms with van der Waals surface area (Å²) in [7, 11) is 0. The van der Waals surface area contributed by atoms with Crippen molar-refractivity contribution in [1.29, 1.82) is 0 Å². The molecule has 1 N–H and O–H groups in total. The van der Waals surface area contributed by atoms with Crippen molar-refractivity contribution in [3.63, 3.8) is 0 Å². The van der Waals surface area contributed by atoms with Gasteiger partial charge in [0.2, 0.25) is 5.91 Å². The fraction of sp³-hybridized carbons (Fsp3) is 0.529. The summed E-state index contributed by atoms with van der Waals surface area (Å²) < 4.78 is 1.08. The molecule has 23 heavy (non-hydrogen) atoms. The summed E-state index contributed by atoms with van der Waals surface area (Å²) in [5, 5.41) is 10.7. The smallest absolute Gasteiger partial charge is 0.242 e. The van der Waals surface area contributed by atoms with Gasteiger partial charge in [0.15, 0.2) is 5.13 Å². The van der Waals surface area contributed by atoms with Gasteiger partial charge in [-0.1, -0.05) is 30.4 Å². The number of nitrogens with zero attached hydrogens (tertiary/aromatic N) is 3. The lowest BCUT2D eigenvalue weighted by Crippen LogP contribution is -2.45. The molecule has 0 unspecified atom stereocenters. The van der Waals surface area contributed by atoms with Crippen molar-refractivity contribution in [1.82, 2.24) is 9.88 Å². The monoisotopic (exact) mass is 335 g/mol. The Labute approximate surface area is 141 Å². The van der Waals surface area contributed by atoms with E-state index < -0.39 is 5.60 Å². The van der Waals surface area contributed by atoms with Crippen LogP contribution in [0.3, 0.4) is 0 Å². The number of thiazole rings is 1. The van der Waals surface area contributed by atoms with Crippen molar-refractivity contribution < 1.29 is 9.90 Å². The summed E-state index contributed by atoms with van der Waals surface area (Å²) in [6.45, 7) is 9.50. The predicted octanol–water partition coefficient (Wildman–Crippen LogP) is 2.74. The molecular formula is C17H25N3O2S. The molecule has 0 radical (unpaired) electrons. The first kappa shape index (κ1) is 17.8. The van der Waals surface area contributed by atoms with E-state index in [1.54, 1.807) is 18.7 Å². The van der Waals surface area contributed by atoms with Gasteiger partial charge in [-0.2, -0.15) is 0 Å². The molecule has 0 aliphatic rings. The molecule has 0 aliphatic carbocycles. The molecule has 0 spiro atoms. The SMILES string of the molecule is CCN(CC(=O)N(CC)c1nc2ccccc2s1)CC(C)(C)O. The summed E-state index contributed by atoms with van der Waals surface area (Å²) in [5.74, 6) is 0.0117. The van der Waals surface area contributed by atoms with E-state index in [4.69, 9.17) is 0 Å². The summed E-state index contributed by atoms with van der Waals surface area (Å²) in [4.78, 5) is 20.9. The summed E-state index contributed by atoms with van der Waals surface area (Å²) in [5.41, 5.74) is 0.103. The summed E-state index contributed by atoms with van der Waals surface area (Å²) in [6, 6.07) is 7.90. The molecule has 2 rings (SSSR count). The van der Waals surface area contributed by atoms with Crippen LogP contribution in [0.5, 0.6) is 0 Å². The Kier molecular flexibility index (Phi) is 5.73. The topological polar surface area (TPSA) is 56.7 Å². The Bertz CT molecular complexity index is 630. The van der Waals surface area contributed by atoms with Crippen LogP contribution >= 0.6 is 11.3 Å². The second kappa shape index (κ2) is 7.38. The second-order valence-corrected chi connectivity index (χ2v) is 7.23. The molecule has 1 aromatic heterocycles. The van der Waals surface area contributed by atoms with Gasteiger partial charge >= 0.3 is 0 Å². The van der Waals surface area contributed by atoms with Gasteiger partial charge in [-0.15, -0.1) is 0 Å². The second-order valence-electron chi connectivity index (χ2n) is 6.22. The van der Waals surface area contributed by atoms with Gasteiger partial charge in [-0.05, 0) is 39.4 Å². The van der Waals surface area contributed by atoms with Gasteiger partial charge in [0.1, 0.15) is 0 Å². The molecular weight excluding hydrogens is 310 g/mol. The molecule has 5 nitrogen and oxygen atoms in total. The number of aromatic nitrogens is 1. The first-order chi connectivity index (χ1) is 10.8. The highest BCUT2D eigenvalue weighted by molar-refractivity contribution is 7.22. The van der Waals surface area contributed by atoms with Gasteiger partial charge < -0.3 is 5.11 Å². The zero-order valence-electron chi connectivity index (χ0n) is 14.2. The van der Waals surface area contributed by atoms with Gasteiger partial charge in [0.05, 0.1) is 22.4 Å². The van der Waals surface area contributed by atoms with Crippen molar-refractivity contribution in [2.24, 2.45) is 0 Å². The molecule has 0 saturated carbocycles. The summed E-state index contributed by atoms with van der Waals surface area (Å²) in [6.07, 6.45) is 0. The van der Waals surface area contributed by atoms with Crippen LogP contribution in [0.4, 0.5) is 5.13 Å².